The van der Waals surface area contributed by atoms with Crippen LogP contribution in [0.5, 0.6) is 11.8 Å². The SMILES string of the molecule is CC(C)(O)c1cc(OC2CCC(N3CC(CC#N)(n4cc(-c5ncnc6[nH]ccc56)cn4)C3)CC2)nc(C(F)(F)F)c1.CC(C)(O)c1cc(OC2CCC(N3CC(CC#N)(n4cc(-c5ncnc6c5ccn6COCC[Si](C)(C)C)cn4)C3)CC2)nc(C(F)(F)F)c1.O=C(O)C(F)(F)F.O=C(O)C(F)(F)F. The van der Waals surface area contributed by atoms with Crippen LogP contribution in [0, 0.1) is 22.7 Å². The molecule has 4 aliphatic rings. The molecule has 0 aromatic carbocycles. The van der Waals surface area contributed by atoms with Crippen LogP contribution in [0.15, 0.2) is 86.2 Å². The quantitative estimate of drug-likeness (QED) is 0.0285. The average Bonchev–Trinajstić information content (AvgIpc) is 1.43. The van der Waals surface area contributed by atoms with E-state index in [0.29, 0.717) is 71.4 Å². The van der Waals surface area contributed by atoms with Gasteiger partial charge < -0.3 is 44.2 Å². The van der Waals surface area contributed by atoms with E-state index in [9.17, 15) is 73.4 Å². The maximum atomic E-state index is 13.5. The summed E-state index contributed by atoms with van der Waals surface area (Å²) in [6.07, 6.45) is 0.740. The Balaban J connectivity index is 0.000000210. The van der Waals surface area contributed by atoms with Crippen molar-refractivity contribution in [3.63, 3.8) is 0 Å². The summed E-state index contributed by atoms with van der Waals surface area (Å²) in [5.41, 5.74) is -1.05. The molecule has 2 saturated carbocycles. The number of carbonyl (C=O) groups is 2. The van der Waals surface area contributed by atoms with Gasteiger partial charge in [0, 0.05) is 112 Å². The van der Waals surface area contributed by atoms with Gasteiger partial charge in [-0.25, -0.2) is 39.5 Å². The molecule has 572 valence electrons. The van der Waals surface area contributed by atoms with Crippen LogP contribution in [0.25, 0.3) is 44.6 Å². The first-order valence-corrected chi connectivity index (χ1v) is 37.2. The standard InChI is InChI=1S/C35H45F3N8O3Si.C29H31F3N8O2.2C2HF3O2/c1-33(2,47)25-16-29(35(36,37)38)43-30(17-25)49-27-8-6-26(7-9-27)45-20-34(21-45,11-12-39)46-19-24(18-42-46)31-28-10-13-44(32(28)41-22-40-31)23-48-14-15-50(3,4)5;1-27(2,41)19-11-23(29(30,31)32)38-24(12-19)42-21-5-3-20(4-6-21)39-15-28(16-39,8-9-33)40-14-18(13-37-40)25-22-7-10-34-26(22)36-17-35-25;2*3-2(4,5)1(6)7/h10,13,16-19,22,26-27,47H,6-9,11,14-15,20-21,23H2,1-5H3;7,10-14,17,20-21,41H,3-6,8,15-16H2,1-2H3,(H,34,35,36);2*(H,6,7). The number of nitrogens with zero attached hydrogens (tertiary/aromatic N) is 15. The number of ether oxygens (including phenoxy) is 3. The number of fused-ring (bicyclic) bond motifs is 2. The molecule has 8 aromatic rings. The van der Waals surface area contributed by atoms with Gasteiger partial charge in [0.1, 0.15) is 65.4 Å². The lowest BCUT2D eigenvalue weighted by atomic mass is 9.82. The molecule has 10 heterocycles. The van der Waals surface area contributed by atoms with Crippen molar-refractivity contribution in [2.75, 3.05) is 32.8 Å². The van der Waals surface area contributed by atoms with Crippen molar-refractivity contribution in [1.29, 1.82) is 10.5 Å². The van der Waals surface area contributed by atoms with Gasteiger partial charge in [0.2, 0.25) is 11.8 Å². The minimum atomic E-state index is -5.08. The normalized spacial score (nSPS) is 19.3. The van der Waals surface area contributed by atoms with Gasteiger partial charge in [-0.1, -0.05) is 19.6 Å². The van der Waals surface area contributed by atoms with E-state index >= 15 is 0 Å². The number of hydrogen-bond acceptors (Lipinski definition) is 19. The Morgan fingerprint density at radius 3 is 1.42 bits per heavy atom. The molecule has 0 unspecified atom stereocenters. The molecular weight excluding hydrogens is 1440 g/mol. The molecular formula is C68H78F12N16O9Si. The van der Waals surface area contributed by atoms with Crippen molar-refractivity contribution >= 4 is 42.1 Å². The summed E-state index contributed by atoms with van der Waals surface area (Å²) in [5, 5.41) is 65.5. The zero-order chi connectivity index (χ0) is 77.8. The van der Waals surface area contributed by atoms with Crippen LogP contribution < -0.4 is 9.47 Å². The molecule has 0 amide bonds. The van der Waals surface area contributed by atoms with E-state index in [0.717, 1.165) is 95.0 Å². The van der Waals surface area contributed by atoms with E-state index in [4.69, 9.17) is 39.1 Å². The minimum absolute atomic E-state index is 0.0973. The van der Waals surface area contributed by atoms with Gasteiger partial charge in [-0.3, -0.25) is 19.2 Å². The summed E-state index contributed by atoms with van der Waals surface area (Å²) >= 11 is 0. The zero-order valence-electron chi connectivity index (χ0n) is 58.5. The van der Waals surface area contributed by atoms with Crippen LogP contribution in [0.1, 0.15) is 114 Å². The summed E-state index contributed by atoms with van der Waals surface area (Å²) in [7, 11) is -1.18. The molecule has 5 N–H and O–H groups in total. The second kappa shape index (κ2) is 31.6. The number of aliphatic hydroxyl groups is 2. The molecule has 2 aliphatic heterocycles. The third kappa shape index (κ3) is 20.0. The molecule has 38 heteroatoms. The maximum absolute atomic E-state index is 13.5. The third-order valence-corrected chi connectivity index (χ3v) is 20.3. The molecule has 2 saturated heterocycles. The number of carboxylic acid groups (broad SMARTS) is 2. The van der Waals surface area contributed by atoms with E-state index in [1.54, 1.807) is 18.7 Å². The Morgan fingerprint density at radius 2 is 1.03 bits per heavy atom. The molecule has 25 nitrogen and oxygen atoms in total. The Morgan fingerprint density at radius 1 is 0.613 bits per heavy atom. The number of alkyl halides is 12. The smallest absolute Gasteiger partial charge is 0.475 e. The Labute approximate surface area is 599 Å². The number of pyridine rings is 2. The van der Waals surface area contributed by atoms with E-state index in [1.807, 2.05) is 50.9 Å². The van der Waals surface area contributed by atoms with Gasteiger partial charge in [0.15, 0.2) is 0 Å². The van der Waals surface area contributed by atoms with Crippen molar-refractivity contribution in [2.24, 2.45) is 0 Å². The fraction of sp³-hybridized carbons (Fsp3) is 0.529. The number of H-pyrrole nitrogens is 1. The second-order valence-corrected chi connectivity index (χ2v) is 34.4. The molecule has 2 aliphatic carbocycles. The highest BCUT2D eigenvalue weighted by molar-refractivity contribution is 6.76. The van der Waals surface area contributed by atoms with Crippen molar-refractivity contribution < 1.29 is 96.9 Å². The van der Waals surface area contributed by atoms with Crippen molar-refractivity contribution in [1.82, 2.24) is 68.8 Å². The van der Waals surface area contributed by atoms with E-state index in [1.165, 1.54) is 46.2 Å². The summed E-state index contributed by atoms with van der Waals surface area (Å²) in [6, 6.07) is 14.7. The van der Waals surface area contributed by atoms with Gasteiger partial charge in [-0.05, 0) is 120 Å². The topological polar surface area (TPSA) is 331 Å². The van der Waals surface area contributed by atoms with Crippen LogP contribution >= 0.6 is 0 Å². The number of aromatic amines is 1. The van der Waals surface area contributed by atoms with Gasteiger partial charge in [-0.15, -0.1) is 0 Å². The number of aromatic nitrogens is 12. The van der Waals surface area contributed by atoms with E-state index < -0.39 is 78.4 Å². The van der Waals surface area contributed by atoms with Gasteiger partial charge in [0.05, 0.1) is 60.0 Å². The third-order valence-electron chi connectivity index (χ3n) is 18.6. The van der Waals surface area contributed by atoms with Gasteiger partial charge in [0.25, 0.3) is 0 Å². The summed E-state index contributed by atoms with van der Waals surface area (Å²) in [4.78, 5) is 50.8. The van der Waals surface area contributed by atoms with E-state index in [2.05, 4.69) is 81.6 Å². The average molecular weight is 1520 g/mol. The monoisotopic (exact) mass is 1520 g/mol. The van der Waals surface area contributed by atoms with Crippen LogP contribution in [0.2, 0.25) is 25.7 Å². The lowest BCUT2D eigenvalue weighted by Gasteiger charge is -2.53. The van der Waals surface area contributed by atoms with Gasteiger partial charge in [-0.2, -0.15) is 73.4 Å². The molecule has 12 rings (SSSR count). The lowest BCUT2D eigenvalue weighted by molar-refractivity contribution is -0.193. The maximum Gasteiger partial charge on any atom is 0.490 e. The van der Waals surface area contributed by atoms with E-state index in [-0.39, 0.29) is 47.2 Å². The first kappa shape index (κ1) is 80.7. The fourth-order valence-corrected chi connectivity index (χ4v) is 13.6. The number of nitrogens with one attached hydrogen (secondary N) is 1. The highest BCUT2D eigenvalue weighted by atomic mass is 28.3. The largest absolute Gasteiger partial charge is 0.490 e. The number of hydrogen-bond donors (Lipinski definition) is 5. The molecule has 4 fully saturated rings. The Kier molecular flexibility index (Phi) is 24.1. The number of nitriles is 2. The molecule has 0 radical (unpaired) electrons. The summed E-state index contributed by atoms with van der Waals surface area (Å²) in [6.45, 7) is 16.5. The second-order valence-electron chi connectivity index (χ2n) is 28.8. The predicted molar refractivity (Wildman–Crippen MR) is 357 cm³/mol. The molecule has 8 aromatic heterocycles. The first-order chi connectivity index (χ1) is 49.4. The number of aliphatic carboxylic acids is 2. The molecule has 0 atom stereocenters. The van der Waals surface area contributed by atoms with Gasteiger partial charge >= 0.3 is 36.6 Å². The van der Waals surface area contributed by atoms with Crippen molar-refractivity contribution in [2.45, 2.75) is 196 Å². The Hall–Kier alpha value is -9.34. The summed E-state index contributed by atoms with van der Waals surface area (Å²) < 4.78 is 168. The van der Waals surface area contributed by atoms with Crippen molar-refractivity contribution in [3.05, 3.63) is 109 Å². The van der Waals surface area contributed by atoms with Crippen LogP contribution in [-0.4, -0.2) is 179 Å². The van der Waals surface area contributed by atoms with Crippen LogP contribution in [0.3, 0.4) is 0 Å². The highest BCUT2D eigenvalue weighted by Gasteiger charge is 2.51. The lowest BCUT2D eigenvalue weighted by Crippen LogP contribution is -2.65. The Bertz CT molecular complexity index is 4350. The molecule has 0 spiro atoms. The predicted octanol–water partition coefficient (Wildman–Crippen LogP) is 12.6. The first-order valence-electron chi connectivity index (χ1n) is 33.5. The number of carboxylic acids is 2. The zero-order valence-corrected chi connectivity index (χ0v) is 59.5. The number of halogens is 12. The van der Waals surface area contributed by atoms with Crippen LogP contribution in [-0.2, 0) is 55.7 Å². The molecule has 0 bridgehead atoms. The number of rotatable bonds is 19. The number of likely N-dealkylation sites (tertiary alicyclic amines) is 2. The van der Waals surface area contributed by atoms with Crippen molar-refractivity contribution in [3.8, 4) is 46.4 Å². The fourth-order valence-electron chi connectivity index (χ4n) is 12.8. The van der Waals surface area contributed by atoms with Crippen LogP contribution in [0.4, 0.5) is 52.7 Å². The summed E-state index contributed by atoms with van der Waals surface area (Å²) in [5.74, 6) is -5.77. The highest BCUT2D eigenvalue weighted by Crippen LogP contribution is 2.43. The molecule has 106 heavy (non-hydrogen) atoms. The minimum Gasteiger partial charge on any atom is -0.475 e.